The second kappa shape index (κ2) is 5.55. The van der Waals surface area contributed by atoms with Gasteiger partial charge in [0.1, 0.15) is 0 Å². The van der Waals surface area contributed by atoms with E-state index < -0.39 is 7.37 Å². The molecule has 20 heavy (non-hydrogen) atoms. The van der Waals surface area contributed by atoms with Gasteiger partial charge in [0.25, 0.3) is 7.37 Å². The summed E-state index contributed by atoms with van der Waals surface area (Å²) in [5.41, 5.74) is 0. The van der Waals surface area contributed by atoms with Crippen LogP contribution in [0, 0.1) is 5.92 Å². The van der Waals surface area contributed by atoms with Gasteiger partial charge < -0.3 is 4.52 Å². The van der Waals surface area contributed by atoms with Gasteiger partial charge in [-0.15, -0.1) is 0 Å². The fourth-order valence-corrected chi connectivity index (χ4v) is 4.72. The molecule has 0 amide bonds. The smallest absolute Gasteiger partial charge is 0.261 e. The lowest BCUT2D eigenvalue weighted by Gasteiger charge is -2.23. The van der Waals surface area contributed by atoms with Gasteiger partial charge in [0.15, 0.2) is 0 Å². The topological polar surface area (TPSA) is 26.3 Å². The molecular weight excluding hydrogens is 267 g/mol. The molecule has 0 saturated heterocycles. The van der Waals surface area contributed by atoms with E-state index in [2.05, 4.69) is 0 Å². The van der Waals surface area contributed by atoms with Crippen molar-refractivity contribution < 1.29 is 9.09 Å². The molecule has 0 N–H and O–H groups in total. The molecule has 0 heterocycles. The first kappa shape index (κ1) is 13.6. The van der Waals surface area contributed by atoms with Crippen LogP contribution in [0.25, 0.3) is 0 Å². The summed E-state index contributed by atoms with van der Waals surface area (Å²) in [5, 5.41) is 1.55. The average molecular weight is 286 g/mol. The molecule has 2 aromatic carbocycles. The van der Waals surface area contributed by atoms with E-state index in [1.807, 2.05) is 67.6 Å². The van der Waals surface area contributed by atoms with Gasteiger partial charge in [-0.05, 0) is 49.9 Å². The third-order valence-electron chi connectivity index (χ3n) is 3.79. The van der Waals surface area contributed by atoms with Gasteiger partial charge in [0.05, 0.1) is 6.10 Å². The van der Waals surface area contributed by atoms with Crippen molar-refractivity contribution in [3.8, 4) is 0 Å². The Morgan fingerprint density at radius 3 is 1.80 bits per heavy atom. The fraction of sp³-hybridized carbons (Fsp3) is 0.294. The Morgan fingerprint density at radius 1 is 0.950 bits per heavy atom. The van der Waals surface area contributed by atoms with Gasteiger partial charge in [0.2, 0.25) is 0 Å². The summed E-state index contributed by atoms with van der Waals surface area (Å²) in [7, 11) is -2.99. The van der Waals surface area contributed by atoms with E-state index in [1.165, 1.54) is 12.8 Å². The lowest BCUT2D eigenvalue weighted by atomic mass is 10.3. The first-order chi connectivity index (χ1) is 9.70. The van der Waals surface area contributed by atoms with Crippen LogP contribution in [0.1, 0.15) is 19.8 Å². The highest BCUT2D eigenvalue weighted by molar-refractivity contribution is 7.74. The predicted molar refractivity (Wildman–Crippen MR) is 83.0 cm³/mol. The van der Waals surface area contributed by atoms with Gasteiger partial charge in [-0.3, -0.25) is 4.57 Å². The molecule has 0 aromatic heterocycles. The normalized spacial score (nSPS) is 16.9. The van der Waals surface area contributed by atoms with E-state index in [9.17, 15) is 4.57 Å². The predicted octanol–water partition coefficient (Wildman–Crippen LogP) is 3.73. The zero-order valence-corrected chi connectivity index (χ0v) is 12.5. The zero-order chi connectivity index (χ0) is 14.0. The maximum atomic E-state index is 13.5. The standard InChI is InChI=1S/C17H19O2P/c1-14(15-12-13-15)19-20(18,16-8-4-2-5-9-16)17-10-6-3-7-11-17/h2-11,14-15H,12-13H2,1H3/t14-/m1/s1. The molecule has 1 saturated carbocycles. The third kappa shape index (κ3) is 2.72. The van der Waals surface area contributed by atoms with Crippen molar-refractivity contribution in [1.82, 2.24) is 0 Å². The second-order valence-electron chi connectivity index (χ2n) is 5.37. The average Bonchev–Trinajstić information content (AvgIpc) is 3.34. The van der Waals surface area contributed by atoms with Crippen LogP contribution in [0.2, 0.25) is 0 Å². The van der Waals surface area contributed by atoms with Crippen molar-refractivity contribution in [2.75, 3.05) is 0 Å². The minimum atomic E-state index is -2.99. The number of benzene rings is 2. The molecule has 2 nitrogen and oxygen atoms in total. The number of hydrogen-bond donors (Lipinski definition) is 0. The zero-order valence-electron chi connectivity index (χ0n) is 11.6. The SMILES string of the molecule is C[C@@H](OP(=O)(c1ccccc1)c1ccccc1)C1CC1. The third-order valence-corrected chi connectivity index (χ3v) is 6.38. The number of rotatable bonds is 5. The molecule has 0 bridgehead atoms. The summed E-state index contributed by atoms with van der Waals surface area (Å²) in [6.07, 6.45) is 2.41. The highest BCUT2D eigenvalue weighted by Gasteiger charge is 2.36. The molecule has 2 aromatic rings. The van der Waals surface area contributed by atoms with Gasteiger partial charge in [-0.2, -0.15) is 0 Å². The Balaban J connectivity index is 2.00. The lowest BCUT2D eigenvalue weighted by Crippen LogP contribution is -2.22. The van der Waals surface area contributed by atoms with Crippen LogP contribution in [0.4, 0.5) is 0 Å². The Morgan fingerprint density at radius 2 is 1.40 bits per heavy atom. The van der Waals surface area contributed by atoms with Gasteiger partial charge in [-0.25, -0.2) is 0 Å². The summed E-state index contributed by atoms with van der Waals surface area (Å²) in [4.78, 5) is 0. The van der Waals surface area contributed by atoms with Crippen LogP contribution in [-0.4, -0.2) is 6.10 Å². The summed E-state index contributed by atoms with van der Waals surface area (Å²) >= 11 is 0. The molecule has 3 heteroatoms. The van der Waals surface area contributed by atoms with E-state index in [4.69, 9.17) is 4.52 Å². The van der Waals surface area contributed by atoms with Gasteiger partial charge in [0, 0.05) is 10.6 Å². The van der Waals surface area contributed by atoms with Crippen molar-refractivity contribution in [2.24, 2.45) is 5.92 Å². The monoisotopic (exact) mass is 286 g/mol. The van der Waals surface area contributed by atoms with Crippen molar-refractivity contribution in [3.63, 3.8) is 0 Å². The first-order valence-corrected chi connectivity index (χ1v) is 8.72. The molecule has 1 aliphatic rings. The number of hydrogen-bond acceptors (Lipinski definition) is 2. The molecular formula is C17H19O2P. The summed E-state index contributed by atoms with van der Waals surface area (Å²) in [5.74, 6) is 0.566. The summed E-state index contributed by atoms with van der Waals surface area (Å²) < 4.78 is 19.6. The maximum Gasteiger partial charge on any atom is 0.261 e. The molecule has 104 valence electrons. The second-order valence-corrected chi connectivity index (χ2v) is 7.72. The molecule has 1 fully saturated rings. The molecule has 3 rings (SSSR count). The van der Waals surface area contributed by atoms with Crippen molar-refractivity contribution in [1.29, 1.82) is 0 Å². The maximum absolute atomic E-state index is 13.5. The van der Waals surface area contributed by atoms with Crippen LogP contribution < -0.4 is 10.6 Å². The molecule has 1 atom stereocenters. The van der Waals surface area contributed by atoms with E-state index in [1.54, 1.807) is 0 Å². The van der Waals surface area contributed by atoms with Crippen LogP contribution >= 0.6 is 7.37 Å². The highest BCUT2D eigenvalue weighted by Crippen LogP contribution is 2.49. The molecule has 0 unspecified atom stereocenters. The van der Waals surface area contributed by atoms with Crippen LogP contribution in [0.5, 0.6) is 0 Å². The summed E-state index contributed by atoms with van der Waals surface area (Å²) in [6, 6.07) is 19.1. The highest BCUT2D eigenvalue weighted by atomic mass is 31.2. The van der Waals surface area contributed by atoms with E-state index >= 15 is 0 Å². The van der Waals surface area contributed by atoms with Crippen LogP contribution in [0.15, 0.2) is 60.7 Å². The first-order valence-electron chi connectivity index (χ1n) is 7.10. The summed E-state index contributed by atoms with van der Waals surface area (Å²) in [6.45, 7) is 2.04. The van der Waals surface area contributed by atoms with Crippen molar-refractivity contribution in [3.05, 3.63) is 60.7 Å². The Hall–Kier alpha value is -1.37. The minimum Gasteiger partial charge on any atom is -0.319 e. The molecule has 0 aliphatic heterocycles. The molecule has 0 radical (unpaired) electrons. The Labute approximate surface area is 120 Å². The van der Waals surface area contributed by atoms with E-state index in [0.717, 1.165) is 10.6 Å². The van der Waals surface area contributed by atoms with E-state index in [-0.39, 0.29) is 6.10 Å². The largest absolute Gasteiger partial charge is 0.319 e. The fourth-order valence-electron chi connectivity index (χ4n) is 2.41. The van der Waals surface area contributed by atoms with Gasteiger partial charge in [-0.1, -0.05) is 36.4 Å². The van der Waals surface area contributed by atoms with Crippen LogP contribution in [0.3, 0.4) is 0 Å². The lowest BCUT2D eigenvalue weighted by molar-refractivity contribution is 0.209. The van der Waals surface area contributed by atoms with E-state index in [0.29, 0.717) is 5.92 Å². The Kier molecular flexibility index (Phi) is 3.78. The van der Waals surface area contributed by atoms with Crippen molar-refractivity contribution >= 4 is 18.0 Å². The molecule has 0 spiro atoms. The molecule has 1 aliphatic carbocycles. The van der Waals surface area contributed by atoms with Crippen molar-refractivity contribution in [2.45, 2.75) is 25.9 Å². The van der Waals surface area contributed by atoms with Crippen LogP contribution in [-0.2, 0) is 9.09 Å². The van der Waals surface area contributed by atoms with Gasteiger partial charge >= 0.3 is 0 Å². The quantitative estimate of drug-likeness (QED) is 0.783. The Bertz CT molecular complexity index is 562. The minimum absolute atomic E-state index is 0.0428.